The zero-order chi connectivity index (χ0) is 23.4. The molecule has 1 aliphatic rings. The summed E-state index contributed by atoms with van der Waals surface area (Å²) in [6.45, 7) is 8.47. The van der Waals surface area contributed by atoms with Crippen molar-refractivity contribution < 1.29 is 23.0 Å². The van der Waals surface area contributed by atoms with Crippen molar-refractivity contribution in [3.05, 3.63) is 53.6 Å². The molecule has 0 aromatic heterocycles. The van der Waals surface area contributed by atoms with E-state index >= 15 is 0 Å². The Kier molecular flexibility index (Phi) is 7.85. The smallest absolute Gasteiger partial charge is 0.180 e. The van der Waals surface area contributed by atoms with Gasteiger partial charge in [-0.15, -0.1) is 0 Å². The first kappa shape index (κ1) is 24.6. The molecule has 2 N–H and O–H groups in total. The van der Waals surface area contributed by atoms with E-state index in [0.29, 0.717) is 49.5 Å². The number of benzene rings is 2. The fourth-order valence-corrected chi connectivity index (χ4v) is 6.54. The van der Waals surface area contributed by atoms with E-state index in [0.717, 1.165) is 5.56 Å². The predicted molar refractivity (Wildman–Crippen MR) is 126 cm³/mol. The largest absolute Gasteiger partial charge is 0.490 e. The Labute approximate surface area is 191 Å². The summed E-state index contributed by atoms with van der Waals surface area (Å²) in [6.07, 6.45) is 0.896. The van der Waals surface area contributed by atoms with Crippen LogP contribution in [0.25, 0.3) is 0 Å². The molecule has 1 unspecified atom stereocenters. The minimum absolute atomic E-state index is 0.0938. The molecule has 6 nitrogen and oxygen atoms in total. The summed E-state index contributed by atoms with van der Waals surface area (Å²) >= 11 is 0. The summed E-state index contributed by atoms with van der Waals surface area (Å²) in [4.78, 5) is 0.257. The standard InChI is InChI=1S/C25H35NO5S/c1-5-19(27)16-25(6-2)17-32(28,29)23-15-22(31-8-4)21(30-7-3)14-20(23)24(26-25)18-12-10-9-11-13-18/h9-15,19,24,26-27H,5-8,16-17H2,1-4H3/t19?,24-,25-/m0/s1. The topological polar surface area (TPSA) is 84.9 Å². The van der Waals surface area contributed by atoms with Gasteiger partial charge in [-0.25, -0.2) is 8.42 Å². The van der Waals surface area contributed by atoms with Crippen LogP contribution in [0.4, 0.5) is 0 Å². The molecule has 0 bridgehead atoms. The normalized spacial score (nSPS) is 23.1. The lowest BCUT2D eigenvalue weighted by atomic mass is 9.87. The van der Waals surface area contributed by atoms with Gasteiger partial charge in [-0.3, -0.25) is 5.32 Å². The Morgan fingerprint density at radius 2 is 1.69 bits per heavy atom. The Morgan fingerprint density at radius 3 is 2.25 bits per heavy atom. The van der Waals surface area contributed by atoms with Crippen molar-refractivity contribution in [2.45, 2.75) is 69.5 Å². The van der Waals surface area contributed by atoms with Gasteiger partial charge in [-0.1, -0.05) is 44.2 Å². The van der Waals surface area contributed by atoms with E-state index in [2.05, 4.69) is 5.32 Å². The van der Waals surface area contributed by atoms with Crippen molar-refractivity contribution in [2.24, 2.45) is 0 Å². The first-order valence-corrected chi connectivity index (χ1v) is 13.1. The number of aliphatic hydroxyl groups is 1. The highest BCUT2D eigenvalue weighted by Gasteiger charge is 2.43. The Hall–Kier alpha value is -2.09. The van der Waals surface area contributed by atoms with E-state index in [4.69, 9.17) is 9.47 Å². The molecule has 0 aliphatic carbocycles. The summed E-state index contributed by atoms with van der Waals surface area (Å²) in [5.74, 6) is 0.869. The molecule has 0 spiro atoms. The summed E-state index contributed by atoms with van der Waals surface area (Å²) < 4.78 is 39.0. The predicted octanol–water partition coefficient (Wildman–Crippen LogP) is 4.26. The SMILES string of the molecule is CCOc1cc2c(cc1OCC)S(=O)(=O)C[C@](CC)(CC(O)CC)N[C@H]2c1ccccc1. The van der Waals surface area contributed by atoms with Gasteiger partial charge in [-0.2, -0.15) is 0 Å². The van der Waals surface area contributed by atoms with Crippen LogP contribution >= 0.6 is 0 Å². The van der Waals surface area contributed by atoms with Crippen LogP contribution in [-0.4, -0.2) is 44.1 Å². The quantitative estimate of drug-likeness (QED) is 0.580. The molecular weight excluding hydrogens is 426 g/mol. The van der Waals surface area contributed by atoms with Gasteiger partial charge in [0.25, 0.3) is 0 Å². The van der Waals surface area contributed by atoms with Crippen molar-refractivity contribution in [2.75, 3.05) is 19.0 Å². The molecule has 2 aromatic rings. The molecule has 0 radical (unpaired) electrons. The van der Waals surface area contributed by atoms with E-state index in [1.165, 1.54) is 0 Å². The highest BCUT2D eigenvalue weighted by Crippen LogP contribution is 2.43. The summed E-state index contributed by atoms with van der Waals surface area (Å²) in [7, 11) is -3.67. The van der Waals surface area contributed by atoms with Gasteiger partial charge < -0.3 is 14.6 Å². The van der Waals surface area contributed by atoms with Crippen molar-refractivity contribution in [1.82, 2.24) is 5.32 Å². The van der Waals surface area contributed by atoms with Gasteiger partial charge in [0.1, 0.15) is 0 Å². The van der Waals surface area contributed by atoms with Crippen LogP contribution < -0.4 is 14.8 Å². The fraction of sp³-hybridized carbons (Fsp3) is 0.520. The average molecular weight is 462 g/mol. The monoisotopic (exact) mass is 461 g/mol. The van der Waals surface area contributed by atoms with E-state index in [1.54, 1.807) is 12.1 Å². The van der Waals surface area contributed by atoms with Crippen LogP contribution in [0.15, 0.2) is 47.4 Å². The third-order valence-corrected chi connectivity index (χ3v) is 8.10. The Balaban J connectivity index is 2.27. The fourth-order valence-electron chi connectivity index (χ4n) is 4.43. The number of fused-ring (bicyclic) bond motifs is 1. The van der Waals surface area contributed by atoms with Gasteiger partial charge in [0.2, 0.25) is 0 Å². The van der Waals surface area contributed by atoms with Crippen LogP contribution in [0.5, 0.6) is 11.5 Å². The summed E-state index contributed by atoms with van der Waals surface area (Å²) in [6, 6.07) is 12.9. The first-order valence-electron chi connectivity index (χ1n) is 11.5. The Morgan fingerprint density at radius 1 is 1.06 bits per heavy atom. The van der Waals surface area contributed by atoms with E-state index in [1.807, 2.05) is 58.0 Å². The number of ether oxygens (including phenoxy) is 2. The highest BCUT2D eigenvalue weighted by molar-refractivity contribution is 7.91. The number of hydrogen-bond acceptors (Lipinski definition) is 6. The van der Waals surface area contributed by atoms with Gasteiger partial charge in [0.05, 0.1) is 36.0 Å². The second-order valence-corrected chi connectivity index (χ2v) is 10.3. The maximum Gasteiger partial charge on any atom is 0.180 e. The van der Waals surface area contributed by atoms with Gasteiger partial charge >= 0.3 is 0 Å². The minimum atomic E-state index is -3.67. The molecule has 7 heteroatoms. The molecular formula is C25H35NO5S. The van der Waals surface area contributed by atoms with Crippen LogP contribution in [0.1, 0.15) is 64.1 Å². The number of hydrogen-bond donors (Lipinski definition) is 2. The second-order valence-electron chi connectivity index (χ2n) is 8.35. The molecule has 3 rings (SSSR count). The number of sulfone groups is 1. The zero-order valence-electron chi connectivity index (χ0n) is 19.4. The van der Waals surface area contributed by atoms with Crippen molar-refractivity contribution >= 4 is 9.84 Å². The van der Waals surface area contributed by atoms with Gasteiger partial charge in [0, 0.05) is 11.6 Å². The zero-order valence-corrected chi connectivity index (χ0v) is 20.2. The molecule has 0 saturated carbocycles. The van der Waals surface area contributed by atoms with Crippen molar-refractivity contribution in [3.8, 4) is 11.5 Å². The van der Waals surface area contributed by atoms with Gasteiger partial charge in [-0.05, 0) is 50.3 Å². The molecule has 0 amide bonds. The van der Waals surface area contributed by atoms with E-state index < -0.39 is 21.5 Å². The lowest BCUT2D eigenvalue weighted by Crippen LogP contribution is -2.52. The average Bonchev–Trinajstić information content (AvgIpc) is 2.87. The minimum Gasteiger partial charge on any atom is -0.490 e. The summed E-state index contributed by atoms with van der Waals surface area (Å²) in [5.41, 5.74) is 0.830. The molecule has 32 heavy (non-hydrogen) atoms. The molecule has 2 aromatic carbocycles. The molecule has 1 heterocycles. The van der Waals surface area contributed by atoms with Crippen LogP contribution in [-0.2, 0) is 9.84 Å². The highest BCUT2D eigenvalue weighted by atomic mass is 32.2. The molecule has 0 fully saturated rings. The third kappa shape index (κ3) is 5.11. The lowest BCUT2D eigenvalue weighted by Gasteiger charge is -2.37. The molecule has 176 valence electrons. The third-order valence-electron chi connectivity index (χ3n) is 6.15. The number of aliphatic hydroxyl groups excluding tert-OH is 1. The van der Waals surface area contributed by atoms with Crippen LogP contribution in [0, 0.1) is 0 Å². The lowest BCUT2D eigenvalue weighted by molar-refractivity contribution is 0.115. The maximum atomic E-state index is 13.7. The van der Waals surface area contributed by atoms with Gasteiger partial charge in [0.15, 0.2) is 21.3 Å². The summed E-state index contributed by atoms with van der Waals surface area (Å²) in [5, 5.41) is 14.2. The second kappa shape index (κ2) is 10.2. The first-order chi connectivity index (χ1) is 15.3. The molecule has 1 aliphatic heterocycles. The Bertz CT molecular complexity index is 1010. The van der Waals surface area contributed by atoms with E-state index in [9.17, 15) is 13.5 Å². The number of nitrogens with one attached hydrogen (secondary N) is 1. The maximum absolute atomic E-state index is 13.7. The van der Waals surface area contributed by atoms with Crippen molar-refractivity contribution in [1.29, 1.82) is 0 Å². The van der Waals surface area contributed by atoms with Crippen molar-refractivity contribution in [3.63, 3.8) is 0 Å². The van der Waals surface area contributed by atoms with Crippen LogP contribution in [0.2, 0.25) is 0 Å². The molecule has 3 atom stereocenters. The molecule has 0 saturated heterocycles. The van der Waals surface area contributed by atoms with Crippen LogP contribution in [0.3, 0.4) is 0 Å². The number of rotatable bonds is 9. The van der Waals surface area contributed by atoms with E-state index in [-0.39, 0.29) is 16.7 Å².